The van der Waals surface area contributed by atoms with Crippen LogP contribution >= 0.6 is 0 Å². The SMILES string of the molecule is N#CC(c1ccccn1)N1CCCC1. The van der Waals surface area contributed by atoms with Gasteiger partial charge in [-0.25, -0.2) is 0 Å². The first kappa shape index (κ1) is 9.17. The van der Waals surface area contributed by atoms with Crippen molar-refractivity contribution in [3.8, 4) is 6.07 Å². The molecule has 2 rings (SSSR count). The van der Waals surface area contributed by atoms with E-state index in [9.17, 15) is 0 Å². The van der Waals surface area contributed by atoms with E-state index in [0.29, 0.717) is 0 Å². The summed E-state index contributed by atoms with van der Waals surface area (Å²) in [6.07, 6.45) is 4.14. The van der Waals surface area contributed by atoms with Gasteiger partial charge in [-0.1, -0.05) is 6.07 Å². The molecule has 0 aromatic carbocycles. The largest absolute Gasteiger partial charge is 0.283 e. The predicted octanol–water partition coefficient (Wildman–Crippen LogP) is 1.74. The molecule has 1 aromatic rings. The fourth-order valence-corrected chi connectivity index (χ4v) is 1.87. The minimum Gasteiger partial charge on any atom is -0.283 e. The summed E-state index contributed by atoms with van der Waals surface area (Å²) in [6, 6.07) is 7.90. The van der Waals surface area contributed by atoms with E-state index in [4.69, 9.17) is 5.26 Å². The normalized spacial score (nSPS) is 19.1. The third-order valence-electron chi connectivity index (χ3n) is 2.60. The molecule has 0 spiro atoms. The highest BCUT2D eigenvalue weighted by atomic mass is 15.2. The van der Waals surface area contributed by atoms with Crippen molar-refractivity contribution in [2.45, 2.75) is 18.9 Å². The summed E-state index contributed by atoms with van der Waals surface area (Å²) in [5, 5.41) is 9.11. The Kier molecular flexibility index (Phi) is 2.76. The third kappa shape index (κ3) is 1.75. The molecule has 0 radical (unpaired) electrons. The standard InChI is InChI=1S/C11H13N3/c12-9-11(14-7-3-4-8-14)10-5-1-2-6-13-10/h1-2,5-6,11H,3-4,7-8H2. The molecule has 0 amide bonds. The van der Waals surface area contributed by atoms with Crippen LogP contribution in [-0.4, -0.2) is 23.0 Å². The summed E-state index contributed by atoms with van der Waals surface area (Å²) in [6.45, 7) is 2.05. The van der Waals surface area contributed by atoms with Crippen molar-refractivity contribution in [1.29, 1.82) is 5.26 Å². The van der Waals surface area contributed by atoms with Gasteiger partial charge in [-0.3, -0.25) is 9.88 Å². The number of hydrogen-bond donors (Lipinski definition) is 0. The molecular weight excluding hydrogens is 174 g/mol. The molecule has 1 aliphatic rings. The van der Waals surface area contributed by atoms with Crippen molar-refractivity contribution >= 4 is 0 Å². The van der Waals surface area contributed by atoms with Crippen LogP contribution in [0.4, 0.5) is 0 Å². The van der Waals surface area contributed by atoms with Crippen LogP contribution in [0, 0.1) is 11.3 Å². The van der Waals surface area contributed by atoms with Gasteiger partial charge in [0.25, 0.3) is 0 Å². The number of nitriles is 1. The highest BCUT2D eigenvalue weighted by Crippen LogP contribution is 2.22. The first-order valence-electron chi connectivity index (χ1n) is 4.96. The van der Waals surface area contributed by atoms with Crippen molar-refractivity contribution in [3.63, 3.8) is 0 Å². The van der Waals surface area contributed by atoms with Gasteiger partial charge < -0.3 is 0 Å². The number of pyridine rings is 1. The van der Waals surface area contributed by atoms with Crippen LogP contribution in [0.15, 0.2) is 24.4 Å². The topological polar surface area (TPSA) is 39.9 Å². The van der Waals surface area contributed by atoms with E-state index in [1.54, 1.807) is 6.20 Å². The predicted molar refractivity (Wildman–Crippen MR) is 53.4 cm³/mol. The van der Waals surface area contributed by atoms with Crippen LogP contribution in [0.2, 0.25) is 0 Å². The molecule has 3 heteroatoms. The lowest BCUT2D eigenvalue weighted by Crippen LogP contribution is -2.25. The van der Waals surface area contributed by atoms with Crippen molar-refractivity contribution in [2.24, 2.45) is 0 Å². The summed E-state index contributed by atoms with van der Waals surface area (Å²) in [5.74, 6) is 0. The van der Waals surface area contributed by atoms with E-state index in [2.05, 4.69) is 16.0 Å². The van der Waals surface area contributed by atoms with E-state index in [1.165, 1.54) is 12.8 Å². The number of rotatable bonds is 2. The van der Waals surface area contributed by atoms with E-state index >= 15 is 0 Å². The fourth-order valence-electron chi connectivity index (χ4n) is 1.87. The van der Waals surface area contributed by atoms with Gasteiger partial charge in [0, 0.05) is 6.20 Å². The van der Waals surface area contributed by atoms with Gasteiger partial charge in [-0.05, 0) is 38.1 Å². The highest BCUT2D eigenvalue weighted by molar-refractivity contribution is 5.16. The zero-order valence-electron chi connectivity index (χ0n) is 8.06. The Morgan fingerprint density at radius 3 is 2.71 bits per heavy atom. The van der Waals surface area contributed by atoms with Crippen LogP contribution < -0.4 is 0 Å². The molecule has 1 saturated heterocycles. The molecule has 1 fully saturated rings. The highest BCUT2D eigenvalue weighted by Gasteiger charge is 2.23. The summed E-state index contributed by atoms with van der Waals surface area (Å²) in [7, 11) is 0. The second kappa shape index (κ2) is 4.21. The molecule has 3 nitrogen and oxygen atoms in total. The Hall–Kier alpha value is -1.40. The van der Waals surface area contributed by atoms with Gasteiger partial charge in [-0.2, -0.15) is 5.26 Å². The second-order valence-electron chi connectivity index (χ2n) is 3.53. The van der Waals surface area contributed by atoms with Crippen molar-refractivity contribution in [1.82, 2.24) is 9.88 Å². The molecule has 1 aliphatic heterocycles. The number of likely N-dealkylation sites (tertiary alicyclic amines) is 1. The van der Waals surface area contributed by atoms with E-state index < -0.39 is 0 Å². The summed E-state index contributed by atoms with van der Waals surface area (Å²) >= 11 is 0. The van der Waals surface area contributed by atoms with Gasteiger partial charge in [-0.15, -0.1) is 0 Å². The Labute approximate surface area is 84.0 Å². The molecule has 2 heterocycles. The van der Waals surface area contributed by atoms with Crippen molar-refractivity contribution < 1.29 is 0 Å². The van der Waals surface area contributed by atoms with Crippen molar-refractivity contribution in [2.75, 3.05) is 13.1 Å². The molecule has 1 aromatic heterocycles. The van der Waals surface area contributed by atoms with Gasteiger partial charge in [0.1, 0.15) is 6.04 Å². The van der Waals surface area contributed by atoms with Gasteiger partial charge in [0.15, 0.2) is 0 Å². The van der Waals surface area contributed by atoms with Gasteiger partial charge in [0.2, 0.25) is 0 Å². The molecule has 72 valence electrons. The lowest BCUT2D eigenvalue weighted by molar-refractivity contribution is 0.290. The molecule has 1 unspecified atom stereocenters. The average molecular weight is 187 g/mol. The van der Waals surface area contributed by atoms with Crippen molar-refractivity contribution in [3.05, 3.63) is 30.1 Å². The monoisotopic (exact) mass is 187 g/mol. The van der Waals surface area contributed by atoms with Crippen LogP contribution in [0.25, 0.3) is 0 Å². The van der Waals surface area contributed by atoms with Crippen LogP contribution in [0.5, 0.6) is 0 Å². The Bertz CT molecular complexity index is 322. The molecule has 0 bridgehead atoms. The maximum absolute atomic E-state index is 9.11. The number of aromatic nitrogens is 1. The third-order valence-corrected chi connectivity index (χ3v) is 2.60. The smallest absolute Gasteiger partial charge is 0.140 e. The maximum atomic E-state index is 9.11. The first-order valence-corrected chi connectivity index (χ1v) is 4.96. The Morgan fingerprint density at radius 1 is 1.36 bits per heavy atom. The van der Waals surface area contributed by atoms with E-state index in [1.807, 2.05) is 18.2 Å². The van der Waals surface area contributed by atoms with Crippen LogP contribution in [0.1, 0.15) is 24.6 Å². The first-order chi connectivity index (χ1) is 6.92. The van der Waals surface area contributed by atoms with E-state index in [-0.39, 0.29) is 6.04 Å². The Balaban J connectivity index is 2.18. The number of nitrogens with zero attached hydrogens (tertiary/aromatic N) is 3. The molecule has 0 aliphatic carbocycles. The molecule has 0 saturated carbocycles. The zero-order chi connectivity index (χ0) is 9.80. The summed E-state index contributed by atoms with van der Waals surface area (Å²) < 4.78 is 0. The minimum absolute atomic E-state index is 0.154. The molecular formula is C11H13N3. The summed E-state index contributed by atoms with van der Waals surface area (Å²) in [5.41, 5.74) is 0.872. The minimum atomic E-state index is -0.154. The molecule has 14 heavy (non-hydrogen) atoms. The average Bonchev–Trinajstić information content (AvgIpc) is 2.74. The lowest BCUT2D eigenvalue weighted by atomic mass is 10.2. The van der Waals surface area contributed by atoms with Crippen LogP contribution in [-0.2, 0) is 0 Å². The van der Waals surface area contributed by atoms with Gasteiger partial charge >= 0.3 is 0 Å². The van der Waals surface area contributed by atoms with E-state index in [0.717, 1.165) is 18.8 Å². The Morgan fingerprint density at radius 2 is 2.14 bits per heavy atom. The summed E-state index contributed by atoms with van der Waals surface area (Å²) in [4.78, 5) is 6.43. The van der Waals surface area contributed by atoms with Crippen LogP contribution in [0.3, 0.4) is 0 Å². The van der Waals surface area contributed by atoms with Gasteiger partial charge in [0.05, 0.1) is 11.8 Å². The quantitative estimate of drug-likeness (QED) is 0.708. The fraction of sp³-hybridized carbons (Fsp3) is 0.455. The molecule has 1 atom stereocenters. The molecule has 0 N–H and O–H groups in total. The second-order valence-corrected chi connectivity index (χ2v) is 3.53. The maximum Gasteiger partial charge on any atom is 0.140 e. The lowest BCUT2D eigenvalue weighted by Gasteiger charge is -2.20. The number of hydrogen-bond acceptors (Lipinski definition) is 3. The zero-order valence-corrected chi connectivity index (χ0v) is 8.06.